The van der Waals surface area contributed by atoms with Gasteiger partial charge in [-0.15, -0.1) is 0 Å². The van der Waals surface area contributed by atoms with E-state index in [1.165, 1.54) is 17.2 Å². The second-order valence-corrected chi connectivity index (χ2v) is 6.70. The van der Waals surface area contributed by atoms with Gasteiger partial charge >= 0.3 is 0 Å². The van der Waals surface area contributed by atoms with Crippen LogP contribution >= 0.6 is 0 Å². The van der Waals surface area contributed by atoms with Gasteiger partial charge in [0, 0.05) is 12.0 Å². The predicted octanol–water partition coefficient (Wildman–Crippen LogP) is 2.66. The highest BCUT2D eigenvalue weighted by molar-refractivity contribution is 5.91. The maximum absolute atomic E-state index is 13.9. The van der Waals surface area contributed by atoms with Crippen LogP contribution in [0.5, 0.6) is 0 Å². The molecule has 0 aromatic heterocycles. The van der Waals surface area contributed by atoms with Crippen molar-refractivity contribution in [2.75, 3.05) is 18.9 Å². The average molecular weight is 327 g/mol. The van der Waals surface area contributed by atoms with Gasteiger partial charge in [0.2, 0.25) is 0 Å². The van der Waals surface area contributed by atoms with Crippen LogP contribution in [0.15, 0.2) is 42.5 Å². The molecule has 1 aliphatic rings. The molecular weight excluding hydrogens is 303 g/mol. The molecule has 0 spiro atoms. The highest BCUT2D eigenvalue weighted by atomic mass is 19.1. The van der Waals surface area contributed by atoms with E-state index < -0.39 is 0 Å². The summed E-state index contributed by atoms with van der Waals surface area (Å²) in [6, 6.07) is 13.7. The van der Waals surface area contributed by atoms with Crippen LogP contribution in [0, 0.1) is 12.7 Å². The van der Waals surface area contributed by atoms with Crippen LogP contribution in [0.3, 0.4) is 0 Å². The first kappa shape index (κ1) is 16.7. The summed E-state index contributed by atoms with van der Waals surface area (Å²) in [5, 5.41) is 2.70. The monoisotopic (exact) mass is 327 g/mol. The minimum absolute atomic E-state index is 0.154. The third kappa shape index (κ3) is 3.65. The topological polar surface area (TPSA) is 33.5 Å². The molecule has 3 rings (SSSR count). The molecule has 0 radical (unpaired) electrons. The number of benzene rings is 2. The number of quaternary nitrogens is 1. The van der Waals surface area contributed by atoms with E-state index in [0.29, 0.717) is 12.6 Å². The fourth-order valence-electron chi connectivity index (χ4n) is 3.56. The SMILES string of the molecule is Cc1ccc(NC(=O)C[NH+](C)[C@H]2CCCc3ccccc32)c(F)c1. The molecule has 24 heavy (non-hydrogen) atoms. The summed E-state index contributed by atoms with van der Waals surface area (Å²) < 4.78 is 13.9. The summed E-state index contributed by atoms with van der Waals surface area (Å²) in [7, 11) is 2.04. The van der Waals surface area contributed by atoms with Gasteiger partial charge in [0.25, 0.3) is 5.91 Å². The minimum atomic E-state index is -0.385. The molecule has 2 aromatic carbocycles. The Balaban J connectivity index is 1.67. The smallest absolute Gasteiger partial charge is 0.279 e. The normalized spacial score (nSPS) is 17.9. The van der Waals surface area contributed by atoms with E-state index in [9.17, 15) is 9.18 Å². The molecule has 0 bridgehead atoms. The van der Waals surface area contributed by atoms with Gasteiger partial charge in [-0.2, -0.15) is 0 Å². The van der Waals surface area contributed by atoms with E-state index in [-0.39, 0.29) is 17.4 Å². The molecular formula is C20H24FN2O+. The molecule has 4 heteroatoms. The molecule has 126 valence electrons. The highest BCUT2D eigenvalue weighted by Gasteiger charge is 2.28. The van der Waals surface area contributed by atoms with Gasteiger partial charge < -0.3 is 10.2 Å². The number of halogens is 1. The lowest BCUT2D eigenvalue weighted by Gasteiger charge is -2.30. The first-order valence-electron chi connectivity index (χ1n) is 8.50. The van der Waals surface area contributed by atoms with Gasteiger partial charge in [0.1, 0.15) is 11.9 Å². The third-order valence-electron chi connectivity index (χ3n) is 4.80. The molecule has 1 amide bonds. The van der Waals surface area contributed by atoms with Gasteiger partial charge in [0.05, 0.1) is 12.7 Å². The Labute approximate surface area is 142 Å². The van der Waals surface area contributed by atoms with Gasteiger partial charge in [0.15, 0.2) is 6.54 Å². The van der Waals surface area contributed by atoms with Crippen LogP contribution in [0.2, 0.25) is 0 Å². The van der Waals surface area contributed by atoms with Gasteiger partial charge in [-0.25, -0.2) is 4.39 Å². The van der Waals surface area contributed by atoms with E-state index in [1.54, 1.807) is 12.1 Å². The zero-order valence-electron chi connectivity index (χ0n) is 14.2. The van der Waals surface area contributed by atoms with Gasteiger partial charge in [-0.1, -0.05) is 30.3 Å². The number of hydrogen-bond acceptors (Lipinski definition) is 1. The van der Waals surface area contributed by atoms with Crippen molar-refractivity contribution in [3.8, 4) is 0 Å². The lowest BCUT2D eigenvalue weighted by atomic mass is 9.87. The number of likely N-dealkylation sites (N-methyl/N-ethyl adjacent to an activating group) is 1. The van der Waals surface area contributed by atoms with Crippen molar-refractivity contribution in [1.29, 1.82) is 0 Å². The second kappa shape index (κ2) is 7.14. The Hall–Kier alpha value is -2.20. The molecule has 3 nitrogen and oxygen atoms in total. The van der Waals surface area contributed by atoms with Crippen LogP contribution in [0.4, 0.5) is 10.1 Å². The Morgan fingerprint density at radius 1 is 1.29 bits per heavy atom. The summed E-state index contributed by atoms with van der Waals surface area (Å²) in [4.78, 5) is 13.5. The zero-order chi connectivity index (χ0) is 17.1. The number of nitrogens with one attached hydrogen (secondary N) is 2. The second-order valence-electron chi connectivity index (χ2n) is 6.70. The van der Waals surface area contributed by atoms with Crippen LogP contribution in [0.1, 0.15) is 35.6 Å². The summed E-state index contributed by atoms with van der Waals surface area (Å²) in [6.07, 6.45) is 3.34. The minimum Gasteiger partial charge on any atom is -0.323 e. The van der Waals surface area contributed by atoms with E-state index in [4.69, 9.17) is 0 Å². The first-order valence-corrected chi connectivity index (χ1v) is 8.50. The van der Waals surface area contributed by atoms with E-state index in [0.717, 1.165) is 29.7 Å². The van der Waals surface area contributed by atoms with Crippen molar-refractivity contribution in [2.45, 2.75) is 32.2 Å². The third-order valence-corrected chi connectivity index (χ3v) is 4.80. The number of rotatable bonds is 4. The largest absolute Gasteiger partial charge is 0.323 e. The molecule has 1 unspecified atom stereocenters. The molecule has 2 aromatic rings. The molecule has 0 aliphatic heterocycles. The number of carbonyl (C=O) groups excluding carboxylic acids is 1. The number of hydrogen-bond donors (Lipinski definition) is 2. The van der Waals surface area contributed by atoms with E-state index in [2.05, 4.69) is 29.6 Å². The maximum Gasteiger partial charge on any atom is 0.279 e. The standard InChI is InChI=1S/C20H23FN2O/c1-14-10-11-18(17(21)12-14)22-20(24)13-23(2)19-9-5-7-15-6-3-4-8-16(15)19/h3-4,6,8,10-12,19H,5,7,9,13H2,1-2H3,(H,22,24)/p+1/t19-/m0/s1. The molecule has 0 saturated carbocycles. The number of aryl methyl sites for hydroxylation is 2. The number of fused-ring (bicyclic) bond motifs is 1. The molecule has 0 fully saturated rings. The molecule has 0 heterocycles. The zero-order valence-corrected chi connectivity index (χ0v) is 14.2. The van der Waals surface area contributed by atoms with Gasteiger partial charge in [-0.05, 0) is 43.0 Å². The van der Waals surface area contributed by atoms with Crippen LogP contribution in [-0.2, 0) is 11.2 Å². The van der Waals surface area contributed by atoms with Crippen LogP contribution in [-0.4, -0.2) is 19.5 Å². The molecule has 1 aliphatic carbocycles. The van der Waals surface area contributed by atoms with Crippen LogP contribution in [0.25, 0.3) is 0 Å². The lowest BCUT2D eigenvalue weighted by molar-refractivity contribution is -0.905. The number of amides is 1. The quantitative estimate of drug-likeness (QED) is 0.889. The summed E-state index contributed by atoms with van der Waals surface area (Å²) in [5.41, 5.74) is 3.82. The summed E-state index contributed by atoms with van der Waals surface area (Å²) >= 11 is 0. The Bertz CT molecular complexity index is 744. The van der Waals surface area contributed by atoms with Crippen molar-refractivity contribution in [2.24, 2.45) is 0 Å². The van der Waals surface area contributed by atoms with Crippen molar-refractivity contribution in [1.82, 2.24) is 0 Å². The first-order chi connectivity index (χ1) is 11.5. The Kier molecular flexibility index (Phi) is 4.95. The van der Waals surface area contributed by atoms with Crippen molar-refractivity contribution < 1.29 is 14.1 Å². The van der Waals surface area contributed by atoms with Crippen molar-refractivity contribution in [3.63, 3.8) is 0 Å². The average Bonchev–Trinajstić information content (AvgIpc) is 2.57. The van der Waals surface area contributed by atoms with Crippen molar-refractivity contribution in [3.05, 3.63) is 65.0 Å². The predicted molar refractivity (Wildman–Crippen MR) is 93.6 cm³/mol. The number of anilines is 1. The van der Waals surface area contributed by atoms with Crippen LogP contribution < -0.4 is 10.2 Å². The van der Waals surface area contributed by atoms with E-state index >= 15 is 0 Å². The lowest BCUT2D eigenvalue weighted by Crippen LogP contribution is -3.10. The fraction of sp³-hybridized carbons (Fsp3) is 0.350. The summed E-state index contributed by atoms with van der Waals surface area (Å²) in [5.74, 6) is -0.540. The van der Waals surface area contributed by atoms with E-state index in [1.807, 2.05) is 14.0 Å². The molecule has 2 N–H and O–H groups in total. The molecule has 2 atom stereocenters. The Morgan fingerprint density at radius 3 is 2.88 bits per heavy atom. The molecule has 0 saturated heterocycles. The van der Waals surface area contributed by atoms with Gasteiger partial charge in [-0.3, -0.25) is 4.79 Å². The maximum atomic E-state index is 13.9. The fourth-order valence-corrected chi connectivity index (χ4v) is 3.56. The Morgan fingerprint density at radius 2 is 2.08 bits per heavy atom. The van der Waals surface area contributed by atoms with Crippen molar-refractivity contribution >= 4 is 11.6 Å². The summed E-state index contributed by atoms with van der Waals surface area (Å²) in [6.45, 7) is 2.15. The highest BCUT2D eigenvalue weighted by Crippen LogP contribution is 2.27. The number of carbonyl (C=O) groups is 1.